The van der Waals surface area contributed by atoms with Crippen LogP contribution in [0.4, 0.5) is 0 Å². The van der Waals surface area contributed by atoms with Gasteiger partial charge in [-0.25, -0.2) is 0 Å². The molecule has 0 bridgehead atoms. The van der Waals surface area contributed by atoms with Crippen LogP contribution in [-0.2, 0) is 0 Å². The Hall–Kier alpha value is 0.270. The molecule has 0 aromatic carbocycles. The Morgan fingerprint density at radius 1 is 1.75 bits per heavy atom. The van der Waals surface area contributed by atoms with Gasteiger partial charge in [0.05, 0.1) is 0 Å². The monoisotopic (exact) mass is 132 g/mol. The van der Waals surface area contributed by atoms with Crippen molar-refractivity contribution in [1.82, 2.24) is 4.41 Å². The summed E-state index contributed by atoms with van der Waals surface area (Å²) >= 11 is 1.75. The molecular weight excluding hydrogens is 120 g/mol. The molecule has 1 rings (SSSR count). The van der Waals surface area contributed by atoms with Gasteiger partial charge in [-0.15, -0.1) is 0 Å². The number of hydrazine groups is 1. The summed E-state index contributed by atoms with van der Waals surface area (Å²) in [4.78, 5) is 0. The zero-order valence-electron chi connectivity index (χ0n) is 5.13. The second kappa shape index (κ2) is 2.71. The molecule has 1 saturated heterocycles. The van der Waals surface area contributed by atoms with Crippen LogP contribution in [0.3, 0.4) is 0 Å². The van der Waals surface area contributed by atoms with Gasteiger partial charge in [-0.2, -0.15) is 4.41 Å². The summed E-state index contributed by atoms with van der Waals surface area (Å²) in [5.74, 6) is 5.52. The van der Waals surface area contributed by atoms with Crippen LogP contribution in [0.15, 0.2) is 0 Å². The van der Waals surface area contributed by atoms with E-state index in [0.29, 0.717) is 0 Å². The summed E-state index contributed by atoms with van der Waals surface area (Å²) < 4.78 is 1.83. The molecule has 1 atom stereocenters. The first-order valence-electron chi connectivity index (χ1n) is 2.98. The van der Waals surface area contributed by atoms with Crippen LogP contribution in [0.5, 0.6) is 0 Å². The van der Waals surface area contributed by atoms with Crippen molar-refractivity contribution in [1.29, 1.82) is 0 Å². The van der Waals surface area contributed by atoms with Crippen molar-refractivity contribution in [2.45, 2.75) is 25.0 Å². The molecule has 0 saturated carbocycles. The van der Waals surface area contributed by atoms with E-state index in [1.54, 1.807) is 11.9 Å². The molecule has 0 spiro atoms. The Labute approximate surface area is 54.5 Å². The zero-order chi connectivity index (χ0) is 5.98. The average molecular weight is 132 g/mol. The SMILES string of the molecule is CC1CCCN(N)S1. The highest BCUT2D eigenvalue weighted by molar-refractivity contribution is 7.97. The third-order valence-corrected chi connectivity index (χ3v) is 2.35. The van der Waals surface area contributed by atoms with Gasteiger partial charge in [0.15, 0.2) is 0 Å². The van der Waals surface area contributed by atoms with Gasteiger partial charge < -0.3 is 0 Å². The third kappa shape index (κ3) is 1.65. The molecule has 0 aromatic rings. The van der Waals surface area contributed by atoms with Crippen molar-refractivity contribution in [3.05, 3.63) is 0 Å². The van der Waals surface area contributed by atoms with Crippen LogP contribution in [-0.4, -0.2) is 16.2 Å². The van der Waals surface area contributed by atoms with E-state index in [-0.39, 0.29) is 0 Å². The topological polar surface area (TPSA) is 29.3 Å². The normalized spacial score (nSPS) is 33.0. The van der Waals surface area contributed by atoms with E-state index in [1.165, 1.54) is 12.8 Å². The lowest BCUT2D eigenvalue weighted by Gasteiger charge is -2.24. The number of nitrogens with zero attached hydrogens (tertiary/aromatic N) is 1. The molecule has 48 valence electrons. The van der Waals surface area contributed by atoms with E-state index in [1.807, 2.05) is 4.41 Å². The fourth-order valence-electron chi connectivity index (χ4n) is 0.871. The fourth-order valence-corrected chi connectivity index (χ4v) is 1.84. The van der Waals surface area contributed by atoms with E-state index in [9.17, 15) is 0 Å². The Bertz CT molecular complexity index is 68.8. The van der Waals surface area contributed by atoms with Gasteiger partial charge in [-0.1, -0.05) is 18.9 Å². The minimum atomic E-state index is 0.730. The summed E-state index contributed by atoms with van der Waals surface area (Å²) in [7, 11) is 0. The molecule has 1 fully saturated rings. The van der Waals surface area contributed by atoms with E-state index in [0.717, 1.165) is 11.8 Å². The predicted octanol–water partition coefficient (Wildman–Crippen LogP) is 0.993. The molecule has 1 aliphatic heterocycles. The van der Waals surface area contributed by atoms with Crippen LogP contribution < -0.4 is 5.84 Å². The van der Waals surface area contributed by atoms with Crippen LogP contribution in [0.1, 0.15) is 19.8 Å². The van der Waals surface area contributed by atoms with Gasteiger partial charge in [-0.05, 0) is 12.8 Å². The van der Waals surface area contributed by atoms with Crippen molar-refractivity contribution in [3.8, 4) is 0 Å². The number of nitrogens with two attached hydrogens (primary N) is 1. The van der Waals surface area contributed by atoms with Crippen molar-refractivity contribution in [2.75, 3.05) is 6.54 Å². The van der Waals surface area contributed by atoms with Crippen molar-refractivity contribution >= 4 is 11.9 Å². The first kappa shape index (κ1) is 6.39. The minimum Gasteiger partial charge on any atom is -0.259 e. The molecule has 8 heavy (non-hydrogen) atoms. The first-order valence-corrected chi connectivity index (χ1v) is 3.81. The van der Waals surface area contributed by atoms with E-state index < -0.39 is 0 Å². The van der Waals surface area contributed by atoms with Gasteiger partial charge in [0.1, 0.15) is 0 Å². The molecular formula is C5H12N2S. The number of hydrogen-bond donors (Lipinski definition) is 1. The minimum absolute atomic E-state index is 0.730. The van der Waals surface area contributed by atoms with Crippen LogP contribution >= 0.6 is 11.9 Å². The van der Waals surface area contributed by atoms with E-state index in [2.05, 4.69) is 6.92 Å². The molecule has 3 heteroatoms. The van der Waals surface area contributed by atoms with E-state index in [4.69, 9.17) is 5.84 Å². The highest BCUT2D eigenvalue weighted by Gasteiger charge is 2.12. The molecule has 1 aliphatic rings. The molecule has 2 nitrogen and oxygen atoms in total. The number of hydrogen-bond acceptors (Lipinski definition) is 3. The predicted molar refractivity (Wildman–Crippen MR) is 37.2 cm³/mol. The molecule has 1 unspecified atom stereocenters. The molecule has 1 heterocycles. The van der Waals surface area contributed by atoms with Crippen molar-refractivity contribution < 1.29 is 0 Å². The molecule has 2 N–H and O–H groups in total. The van der Waals surface area contributed by atoms with Crippen LogP contribution in [0, 0.1) is 0 Å². The van der Waals surface area contributed by atoms with E-state index >= 15 is 0 Å². The summed E-state index contributed by atoms with van der Waals surface area (Å²) in [5.41, 5.74) is 0. The van der Waals surface area contributed by atoms with Gasteiger partial charge in [0.25, 0.3) is 0 Å². The number of rotatable bonds is 0. The standard InChI is InChI=1S/C5H12N2S/c1-5-3-2-4-7(6)8-5/h5H,2-4,6H2,1H3. The maximum atomic E-state index is 5.52. The fraction of sp³-hybridized carbons (Fsp3) is 1.00. The Morgan fingerprint density at radius 3 is 2.88 bits per heavy atom. The average Bonchev–Trinajstić information content (AvgIpc) is 1.64. The smallest absolute Gasteiger partial charge is 0.0243 e. The van der Waals surface area contributed by atoms with Crippen LogP contribution in [0.2, 0.25) is 0 Å². The van der Waals surface area contributed by atoms with Crippen molar-refractivity contribution in [3.63, 3.8) is 0 Å². The molecule has 0 radical (unpaired) electrons. The first-order chi connectivity index (χ1) is 3.79. The maximum Gasteiger partial charge on any atom is 0.0243 e. The second-order valence-electron chi connectivity index (χ2n) is 2.20. The lowest BCUT2D eigenvalue weighted by atomic mass is 10.2. The van der Waals surface area contributed by atoms with Crippen molar-refractivity contribution in [2.24, 2.45) is 5.84 Å². The second-order valence-corrected chi connectivity index (χ2v) is 3.68. The summed E-state index contributed by atoms with van der Waals surface area (Å²) in [6.45, 7) is 3.26. The lowest BCUT2D eigenvalue weighted by molar-refractivity contribution is 0.444. The zero-order valence-corrected chi connectivity index (χ0v) is 5.95. The summed E-state index contributed by atoms with van der Waals surface area (Å²) in [6.07, 6.45) is 2.57. The maximum absolute atomic E-state index is 5.52. The Balaban J connectivity index is 2.23. The third-order valence-electron chi connectivity index (χ3n) is 1.30. The Morgan fingerprint density at radius 2 is 2.50 bits per heavy atom. The quantitative estimate of drug-likeness (QED) is 0.394. The van der Waals surface area contributed by atoms with Gasteiger partial charge >= 0.3 is 0 Å². The van der Waals surface area contributed by atoms with Gasteiger partial charge in [0, 0.05) is 11.8 Å². The molecule has 0 amide bonds. The highest BCUT2D eigenvalue weighted by Crippen LogP contribution is 2.22. The lowest BCUT2D eigenvalue weighted by Crippen LogP contribution is -2.31. The molecule has 0 aromatic heterocycles. The van der Waals surface area contributed by atoms with Gasteiger partial charge in [-0.3, -0.25) is 5.84 Å². The Kier molecular flexibility index (Phi) is 2.16. The van der Waals surface area contributed by atoms with Gasteiger partial charge in [0.2, 0.25) is 0 Å². The largest absolute Gasteiger partial charge is 0.259 e. The highest BCUT2D eigenvalue weighted by atomic mass is 32.2. The summed E-state index contributed by atoms with van der Waals surface area (Å²) in [6, 6.07) is 0. The molecule has 0 aliphatic carbocycles. The van der Waals surface area contributed by atoms with Crippen LogP contribution in [0.25, 0.3) is 0 Å². The summed E-state index contributed by atoms with van der Waals surface area (Å²) in [5, 5.41) is 0.730.